The SMILES string of the molecule is O=c1cc2c(nn1C1COCC1Nc1nc3cc(F)ccc3o1)CCSC2. The lowest BCUT2D eigenvalue weighted by Crippen LogP contribution is -2.38. The van der Waals surface area contributed by atoms with Gasteiger partial charge in [-0.05, 0) is 23.4 Å². The summed E-state index contributed by atoms with van der Waals surface area (Å²) >= 11 is 1.82. The Morgan fingerprint density at radius 3 is 3.15 bits per heavy atom. The number of nitrogens with one attached hydrogen (secondary N) is 1. The number of aryl methyl sites for hydroxylation is 1. The summed E-state index contributed by atoms with van der Waals surface area (Å²) in [5.41, 5.74) is 2.82. The van der Waals surface area contributed by atoms with Gasteiger partial charge in [0.1, 0.15) is 17.4 Å². The van der Waals surface area contributed by atoms with Crippen LogP contribution in [0.4, 0.5) is 10.4 Å². The molecule has 2 aliphatic rings. The highest BCUT2D eigenvalue weighted by atomic mass is 32.2. The van der Waals surface area contributed by atoms with Crippen LogP contribution in [-0.4, -0.2) is 39.8 Å². The molecule has 0 amide bonds. The van der Waals surface area contributed by atoms with Crippen LogP contribution in [0.1, 0.15) is 17.3 Å². The molecule has 140 valence electrons. The number of hydrogen-bond donors (Lipinski definition) is 1. The molecular formula is C18H17FN4O3S. The maximum absolute atomic E-state index is 13.3. The molecule has 1 aromatic carbocycles. The van der Waals surface area contributed by atoms with Crippen molar-refractivity contribution in [2.24, 2.45) is 0 Å². The predicted octanol–water partition coefficient (Wildman–Crippen LogP) is 2.36. The van der Waals surface area contributed by atoms with Crippen molar-refractivity contribution in [3.63, 3.8) is 0 Å². The quantitative estimate of drug-likeness (QED) is 0.738. The Hall–Kier alpha value is -2.39. The minimum Gasteiger partial charge on any atom is -0.424 e. The molecular weight excluding hydrogens is 371 g/mol. The average molecular weight is 388 g/mol. The standard InChI is InChI=1S/C18H17FN4O3S/c19-11-1-2-16-13(6-11)20-18(26-16)21-14-7-25-8-15(14)23-17(24)5-10-9-27-4-3-12(10)22-23/h1-2,5-6,14-15H,3-4,7-9H2,(H,20,21). The third kappa shape index (κ3) is 3.10. The van der Waals surface area contributed by atoms with Gasteiger partial charge in [-0.1, -0.05) is 0 Å². The number of halogens is 1. The molecule has 1 fully saturated rings. The Morgan fingerprint density at radius 2 is 2.22 bits per heavy atom. The fraction of sp³-hybridized carbons (Fsp3) is 0.389. The number of thioether (sulfide) groups is 1. The van der Waals surface area contributed by atoms with E-state index in [9.17, 15) is 9.18 Å². The molecule has 2 atom stereocenters. The van der Waals surface area contributed by atoms with Gasteiger partial charge in [0.05, 0.1) is 24.9 Å². The van der Waals surface area contributed by atoms with Crippen LogP contribution in [0.3, 0.4) is 0 Å². The molecule has 0 spiro atoms. The largest absolute Gasteiger partial charge is 0.424 e. The zero-order chi connectivity index (χ0) is 18.4. The van der Waals surface area contributed by atoms with Crippen LogP contribution in [0.5, 0.6) is 0 Å². The van der Waals surface area contributed by atoms with Gasteiger partial charge in [-0.25, -0.2) is 9.07 Å². The number of rotatable bonds is 3. The normalized spacial score (nSPS) is 22.1. The Labute approximate surface area is 157 Å². The van der Waals surface area contributed by atoms with Gasteiger partial charge in [0.2, 0.25) is 0 Å². The zero-order valence-electron chi connectivity index (χ0n) is 14.4. The summed E-state index contributed by atoms with van der Waals surface area (Å²) in [7, 11) is 0. The first-order valence-corrected chi connectivity index (χ1v) is 9.92. The van der Waals surface area contributed by atoms with E-state index >= 15 is 0 Å². The number of oxazole rings is 1. The van der Waals surface area contributed by atoms with Gasteiger partial charge in [0.15, 0.2) is 5.58 Å². The Kier molecular flexibility index (Phi) is 4.13. The van der Waals surface area contributed by atoms with Gasteiger partial charge in [0, 0.05) is 24.3 Å². The molecule has 2 aromatic heterocycles. The molecule has 5 rings (SSSR count). The first kappa shape index (κ1) is 16.8. The monoisotopic (exact) mass is 388 g/mol. The lowest BCUT2D eigenvalue weighted by Gasteiger charge is -2.22. The Morgan fingerprint density at radius 1 is 1.30 bits per heavy atom. The number of benzene rings is 1. The molecule has 7 nitrogen and oxygen atoms in total. The molecule has 2 unspecified atom stereocenters. The first-order valence-electron chi connectivity index (χ1n) is 8.77. The molecule has 4 heterocycles. The van der Waals surface area contributed by atoms with Crippen LogP contribution < -0.4 is 10.9 Å². The van der Waals surface area contributed by atoms with Crippen molar-refractivity contribution >= 4 is 28.9 Å². The summed E-state index contributed by atoms with van der Waals surface area (Å²) in [6, 6.07) is 5.67. The summed E-state index contributed by atoms with van der Waals surface area (Å²) in [5, 5.41) is 7.79. The van der Waals surface area contributed by atoms with Crippen LogP contribution in [0.2, 0.25) is 0 Å². The summed E-state index contributed by atoms with van der Waals surface area (Å²) in [5.74, 6) is 1.48. The van der Waals surface area contributed by atoms with Crippen molar-refractivity contribution in [1.29, 1.82) is 0 Å². The second kappa shape index (κ2) is 6.65. The number of ether oxygens (including phenoxy) is 1. The fourth-order valence-electron chi connectivity index (χ4n) is 3.51. The van der Waals surface area contributed by atoms with Crippen molar-refractivity contribution in [1.82, 2.24) is 14.8 Å². The number of aromatic nitrogens is 3. The highest BCUT2D eigenvalue weighted by Crippen LogP contribution is 2.26. The number of hydrogen-bond acceptors (Lipinski definition) is 7. The van der Waals surface area contributed by atoms with E-state index in [0.29, 0.717) is 24.3 Å². The predicted molar refractivity (Wildman–Crippen MR) is 99.6 cm³/mol. The van der Waals surface area contributed by atoms with E-state index in [-0.39, 0.29) is 29.5 Å². The molecule has 27 heavy (non-hydrogen) atoms. The summed E-state index contributed by atoms with van der Waals surface area (Å²) in [4.78, 5) is 16.9. The van der Waals surface area contributed by atoms with Crippen molar-refractivity contribution in [3.8, 4) is 0 Å². The van der Waals surface area contributed by atoms with E-state index in [1.165, 1.54) is 16.8 Å². The third-order valence-corrected chi connectivity index (χ3v) is 5.89. The molecule has 3 aromatic rings. The molecule has 9 heteroatoms. The summed E-state index contributed by atoms with van der Waals surface area (Å²) in [6.45, 7) is 0.784. The Balaban J connectivity index is 1.44. The highest BCUT2D eigenvalue weighted by molar-refractivity contribution is 7.98. The average Bonchev–Trinajstić information content (AvgIpc) is 3.27. The van der Waals surface area contributed by atoms with Crippen molar-refractivity contribution in [3.05, 3.63) is 51.7 Å². The van der Waals surface area contributed by atoms with E-state index < -0.39 is 0 Å². The second-order valence-electron chi connectivity index (χ2n) is 6.69. The molecule has 1 N–H and O–H groups in total. The summed E-state index contributed by atoms with van der Waals surface area (Å²) < 4.78 is 26.1. The van der Waals surface area contributed by atoms with Crippen LogP contribution in [0.15, 0.2) is 33.5 Å². The van der Waals surface area contributed by atoms with E-state index in [1.54, 1.807) is 12.1 Å². The van der Waals surface area contributed by atoms with Crippen LogP contribution in [0, 0.1) is 5.82 Å². The van der Waals surface area contributed by atoms with Gasteiger partial charge in [-0.15, -0.1) is 0 Å². The topological polar surface area (TPSA) is 82.2 Å². The number of fused-ring (bicyclic) bond motifs is 2. The maximum Gasteiger partial charge on any atom is 0.296 e. The van der Waals surface area contributed by atoms with Gasteiger partial charge >= 0.3 is 0 Å². The maximum atomic E-state index is 13.3. The fourth-order valence-corrected chi connectivity index (χ4v) is 4.46. The molecule has 0 saturated carbocycles. The van der Waals surface area contributed by atoms with E-state index in [0.717, 1.165) is 29.2 Å². The van der Waals surface area contributed by atoms with Gasteiger partial charge in [0.25, 0.3) is 11.6 Å². The molecule has 0 radical (unpaired) electrons. The smallest absolute Gasteiger partial charge is 0.296 e. The molecule has 1 saturated heterocycles. The van der Waals surface area contributed by atoms with E-state index in [2.05, 4.69) is 15.4 Å². The number of nitrogens with zero attached hydrogens (tertiary/aromatic N) is 3. The van der Waals surface area contributed by atoms with E-state index in [1.807, 2.05) is 11.8 Å². The van der Waals surface area contributed by atoms with E-state index in [4.69, 9.17) is 9.15 Å². The van der Waals surface area contributed by atoms with Crippen molar-refractivity contribution in [2.75, 3.05) is 24.3 Å². The van der Waals surface area contributed by atoms with Crippen LogP contribution in [0.25, 0.3) is 11.1 Å². The van der Waals surface area contributed by atoms with Crippen LogP contribution in [-0.2, 0) is 16.9 Å². The zero-order valence-corrected chi connectivity index (χ0v) is 15.2. The second-order valence-corrected chi connectivity index (χ2v) is 7.79. The number of anilines is 1. The molecule has 0 bridgehead atoms. The lowest BCUT2D eigenvalue weighted by molar-refractivity contribution is 0.182. The molecule has 0 aliphatic carbocycles. The minimum atomic E-state index is -0.368. The van der Waals surface area contributed by atoms with Gasteiger partial charge in [-0.2, -0.15) is 21.8 Å². The third-order valence-electron chi connectivity index (χ3n) is 4.89. The van der Waals surface area contributed by atoms with Gasteiger partial charge in [-0.3, -0.25) is 4.79 Å². The van der Waals surface area contributed by atoms with Crippen molar-refractivity contribution < 1.29 is 13.5 Å². The first-order chi connectivity index (χ1) is 13.2. The highest BCUT2D eigenvalue weighted by Gasteiger charge is 2.33. The molecule has 2 aliphatic heterocycles. The summed E-state index contributed by atoms with van der Waals surface area (Å²) in [6.07, 6.45) is 0.864. The minimum absolute atomic E-state index is 0.127. The lowest BCUT2D eigenvalue weighted by atomic mass is 10.1. The van der Waals surface area contributed by atoms with Crippen molar-refractivity contribution in [2.45, 2.75) is 24.3 Å². The van der Waals surface area contributed by atoms with Crippen LogP contribution >= 0.6 is 11.8 Å². The van der Waals surface area contributed by atoms with Gasteiger partial charge < -0.3 is 14.5 Å². The Bertz CT molecular complexity index is 1070.